The van der Waals surface area contributed by atoms with E-state index in [9.17, 15) is 10.1 Å². The van der Waals surface area contributed by atoms with E-state index in [2.05, 4.69) is 17.1 Å². The van der Waals surface area contributed by atoms with Crippen LogP contribution in [0.5, 0.6) is 0 Å². The van der Waals surface area contributed by atoms with Crippen molar-refractivity contribution in [3.05, 3.63) is 33.9 Å². The first-order valence-corrected chi connectivity index (χ1v) is 7.33. The van der Waals surface area contributed by atoms with Gasteiger partial charge in [-0.05, 0) is 51.8 Å². The number of hydrogen-bond donors (Lipinski definition) is 1. The molecule has 0 radical (unpaired) electrons. The molecule has 0 amide bonds. The number of anilines is 1. The lowest BCUT2D eigenvalue weighted by molar-refractivity contribution is -0.385. The molecule has 0 bridgehead atoms. The summed E-state index contributed by atoms with van der Waals surface area (Å²) >= 11 is 0. The molecule has 1 aromatic carbocycles. The Labute approximate surface area is 120 Å². The minimum absolute atomic E-state index is 0.214. The summed E-state index contributed by atoms with van der Waals surface area (Å²) in [5, 5.41) is 14.4. The number of rotatable bonds is 5. The molecule has 0 atom stereocenters. The summed E-state index contributed by atoms with van der Waals surface area (Å²) in [6.07, 6.45) is 2.37. The van der Waals surface area contributed by atoms with E-state index in [4.69, 9.17) is 0 Å². The number of nitrogens with one attached hydrogen (secondary N) is 1. The van der Waals surface area contributed by atoms with Crippen LogP contribution in [0.2, 0.25) is 0 Å². The van der Waals surface area contributed by atoms with Gasteiger partial charge in [0.25, 0.3) is 5.69 Å². The summed E-state index contributed by atoms with van der Waals surface area (Å²) in [4.78, 5) is 13.0. The summed E-state index contributed by atoms with van der Waals surface area (Å²) in [7, 11) is 0. The molecule has 110 valence electrons. The summed E-state index contributed by atoms with van der Waals surface area (Å²) in [5.74, 6) is 0.676. The van der Waals surface area contributed by atoms with Gasteiger partial charge in [0.15, 0.2) is 0 Å². The Morgan fingerprint density at radius 3 is 2.70 bits per heavy atom. The van der Waals surface area contributed by atoms with Gasteiger partial charge in [-0.15, -0.1) is 0 Å². The third kappa shape index (κ3) is 3.28. The van der Waals surface area contributed by atoms with Crippen LogP contribution in [0.15, 0.2) is 18.2 Å². The molecule has 0 aromatic heterocycles. The molecule has 1 aliphatic heterocycles. The van der Waals surface area contributed by atoms with Crippen LogP contribution in [0.4, 0.5) is 11.4 Å². The van der Waals surface area contributed by atoms with E-state index >= 15 is 0 Å². The maximum atomic E-state index is 11.1. The van der Waals surface area contributed by atoms with Gasteiger partial charge in [-0.25, -0.2) is 0 Å². The van der Waals surface area contributed by atoms with E-state index < -0.39 is 0 Å². The van der Waals surface area contributed by atoms with Crippen molar-refractivity contribution in [2.75, 3.05) is 31.1 Å². The van der Waals surface area contributed by atoms with E-state index in [0.29, 0.717) is 5.92 Å². The number of benzene rings is 1. The summed E-state index contributed by atoms with van der Waals surface area (Å²) in [6, 6.07) is 5.36. The van der Waals surface area contributed by atoms with Crippen LogP contribution in [0.1, 0.15) is 25.3 Å². The van der Waals surface area contributed by atoms with Gasteiger partial charge in [0.2, 0.25) is 0 Å². The van der Waals surface area contributed by atoms with Crippen molar-refractivity contribution in [2.45, 2.75) is 26.7 Å². The molecule has 20 heavy (non-hydrogen) atoms. The lowest BCUT2D eigenvalue weighted by Crippen LogP contribution is -2.36. The molecule has 1 heterocycles. The lowest BCUT2D eigenvalue weighted by atomic mass is 9.97. The molecule has 0 aliphatic carbocycles. The predicted octanol–water partition coefficient (Wildman–Crippen LogP) is 2.73. The van der Waals surface area contributed by atoms with Crippen LogP contribution >= 0.6 is 0 Å². The van der Waals surface area contributed by atoms with Crippen LogP contribution in [0.25, 0.3) is 0 Å². The molecule has 1 N–H and O–H groups in total. The van der Waals surface area contributed by atoms with Gasteiger partial charge in [0.1, 0.15) is 0 Å². The van der Waals surface area contributed by atoms with Crippen molar-refractivity contribution in [3.63, 3.8) is 0 Å². The van der Waals surface area contributed by atoms with Gasteiger partial charge in [-0.1, -0.05) is 6.07 Å². The molecule has 5 heteroatoms. The maximum Gasteiger partial charge on any atom is 0.274 e. The van der Waals surface area contributed by atoms with Crippen molar-refractivity contribution in [3.8, 4) is 0 Å². The summed E-state index contributed by atoms with van der Waals surface area (Å²) in [6.45, 7) is 7.98. The molecule has 2 rings (SSSR count). The Kier molecular flexibility index (Phi) is 4.95. The second-order valence-corrected chi connectivity index (χ2v) is 5.41. The van der Waals surface area contributed by atoms with Crippen LogP contribution in [0, 0.1) is 23.0 Å². The van der Waals surface area contributed by atoms with Gasteiger partial charge < -0.3 is 10.2 Å². The SMILES string of the molecule is CCN(CC1CCNCC1)c1cccc([N+](=O)[O-])c1C. The highest BCUT2D eigenvalue weighted by molar-refractivity contribution is 5.61. The Morgan fingerprint density at radius 2 is 2.10 bits per heavy atom. The molecule has 5 nitrogen and oxygen atoms in total. The Balaban J connectivity index is 2.18. The van der Waals surface area contributed by atoms with Gasteiger partial charge >= 0.3 is 0 Å². The van der Waals surface area contributed by atoms with Crippen molar-refractivity contribution in [1.82, 2.24) is 5.32 Å². The number of piperidine rings is 1. The quantitative estimate of drug-likeness (QED) is 0.664. The van der Waals surface area contributed by atoms with E-state index in [-0.39, 0.29) is 10.6 Å². The number of nitro groups is 1. The minimum atomic E-state index is -0.294. The zero-order valence-electron chi connectivity index (χ0n) is 12.3. The highest BCUT2D eigenvalue weighted by Gasteiger charge is 2.20. The van der Waals surface area contributed by atoms with E-state index in [0.717, 1.165) is 37.4 Å². The van der Waals surface area contributed by atoms with Gasteiger partial charge in [0.05, 0.1) is 10.5 Å². The summed E-state index contributed by atoms with van der Waals surface area (Å²) in [5.41, 5.74) is 1.99. The second-order valence-electron chi connectivity index (χ2n) is 5.41. The number of nitro benzene ring substituents is 1. The topological polar surface area (TPSA) is 58.4 Å². The molecule has 1 aliphatic rings. The van der Waals surface area contributed by atoms with Crippen LogP contribution in [0.3, 0.4) is 0 Å². The fourth-order valence-corrected chi connectivity index (χ4v) is 2.93. The van der Waals surface area contributed by atoms with Crippen molar-refractivity contribution >= 4 is 11.4 Å². The largest absolute Gasteiger partial charge is 0.371 e. The maximum absolute atomic E-state index is 11.1. The highest BCUT2D eigenvalue weighted by Crippen LogP contribution is 2.29. The predicted molar refractivity (Wildman–Crippen MR) is 81.3 cm³/mol. The van der Waals surface area contributed by atoms with Crippen LogP contribution in [-0.2, 0) is 0 Å². The normalized spacial score (nSPS) is 16.1. The van der Waals surface area contributed by atoms with E-state index in [1.807, 2.05) is 13.0 Å². The first-order valence-electron chi connectivity index (χ1n) is 7.33. The smallest absolute Gasteiger partial charge is 0.274 e. The lowest BCUT2D eigenvalue weighted by Gasteiger charge is -2.31. The standard InChI is InChI=1S/C15H23N3O2/c1-3-17(11-13-7-9-16-10-8-13)14-5-4-6-15(12(14)2)18(19)20/h4-6,13,16H,3,7-11H2,1-2H3. The molecule has 1 aromatic rings. The van der Waals surface area contributed by atoms with Crippen LogP contribution in [-0.4, -0.2) is 31.1 Å². The molecular weight excluding hydrogens is 254 g/mol. The number of hydrogen-bond acceptors (Lipinski definition) is 4. The molecule has 0 unspecified atom stereocenters. The van der Waals surface area contributed by atoms with Gasteiger partial charge in [-0.2, -0.15) is 0 Å². The molecule has 1 fully saturated rings. The molecular formula is C15H23N3O2. The fraction of sp³-hybridized carbons (Fsp3) is 0.600. The Bertz CT molecular complexity index is 470. The molecule has 0 spiro atoms. The average Bonchev–Trinajstić information content (AvgIpc) is 2.46. The first-order chi connectivity index (χ1) is 9.63. The second kappa shape index (κ2) is 6.70. The van der Waals surface area contributed by atoms with E-state index in [1.165, 1.54) is 12.8 Å². The fourth-order valence-electron chi connectivity index (χ4n) is 2.93. The van der Waals surface area contributed by atoms with Crippen LogP contribution < -0.4 is 10.2 Å². The van der Waals surface area contributed by atoms with E-state index in [1.54, 1.807) is 12.1 Å². The Morgan fingerprint density at radius 1 is 1.40 bits per heavy atom. The number of nitrogens with zero attached hydrogens (tertiary/aromatic N) is 2. The summed E-state index contributed by atoms with van der Waals surface area (Å²) < 4.78 is 0. The monoisotopic (exact) mass is 277 g/mol. The third-order valence-corrected chi connectivity index (χ3v) is 4.13. The zero-order valence-corrected chi connectivity index (χ0v) is 12.3. The molecule has 0 saturated carbocycles. The molecule has 1 saturated heterocycles. The highest BCUT2D eigenvalue weighted by atomic mass is 16.6. The zero-order chi connectivity index (χ0) is 14.5. The van der Waals surface area contributed by atoms with Gasteiger partial charge in [-0.3, -0.25) is 10.1 Å². The van der Waals surface area contributed by atoms with Gasteiger partial charge in [0, 0.05) is 24.8 Å². The average molecular weight is 277 g/mol. The minimum Gasteiger partial charge on any atom is -0.371 e. The third-order valence-electron chi connectivity index (χ3n) is 4.13. The van der Waals surface area contributed by atoms with Crippen molar-refractivity contribution in [2.24, 2.45) is 5.92 Å². The van der Waals surface area contributed by atoms with Crippen molar-refractivity contribution < 1.29 is 4.92 Å². The first kappa shape index (κ1) is 14.8. The Hall–Kier alpha value is -1.62. The van der Waals surface area contributed by atoms with Crippen molar-refractivity contribution in [1.29, 1.82) is 0 Å².